The number of hydrogen-bond acceptors (Lipinski definition) is 10. The highest BCUT2D eigenvalue weighted by Gasteiger charge is 2.37. The summed E-state index contributed by atoms with van der Waals surface area (Å²) in [4.78, 5) is 34.2. The summed E-state index contributed by atoms with van der Waals surface area (Å²) in [5.41, 5.74) is 30.0. The van der Waals surface area contributed by atoms with Crippen LogP contribution in [0.15, 0.2) is 453 Å². The van der Waals surface area contributed by atoms with Gasteiger partial charge in [-0.1, -0.05) is 335 Å². The van der Waals surface area contributed by atoms with Gasteiger partial charge in [-0.05, 0) is 144 Å². The summed E-state index contributed by atoms with van der Waals surface area (Å²) in [6, 6.07) is 160. The van der Waals surface area contributed by atoms with Gasteiger partial charge < -0.3 is 22.7 Å². The second-order valence-corrected chi connectivity index (χ2v) is 40.5. The molecule has 11 aromatic heterocycles. The Morgan fingerprint density at radius 2 is 0.559 bits per heavy atom. The van der Waals surface area contributed by atoms with Gasteiger partial charge in [0.1, 0.15) is 25.7 Å². The van der Waals surface area contributed by atoms with Crippen LogP contribution < -0.4 is 0 Å². The number of fused-ring (bicyclic) bond motifs is 27. The van der Waals surface area contributed by atoms with Crippen LogP contribution in [0.5, 0.6) is 0 Å². The third-order valence-electron chi connectivity index (χ3n) is 29.0. The molecule has 0 radical (unpaired) electrons. The summed E-state index contributed by atoms with van der Waals surface area (Å²) >= 11 is 5.18. The molecule has 0 saturated heterocycles. The topological polar surface area (TPSA) is 110 Å². The minimum Gasteiger partial charge on any atom is -0.456 e. The third kappa shape index (κ3) is 13.1. The summed E-state index contributed by atoms with van der Waals surface area (Å²) in [7, 11) is 0. The van der Waals surface area contributed by atoms with Crippen molar-refractivity contribution in [1.29, 1.82) is 0 Å². The predicted octanol–water partition coefficient (Wildman–Crippen LogP) is 35.1. The molecule has 1 aliphatic carbocycles. The SMILES string of the molecule is CC1(C)c2ccccc2-c2cc3c4ccccc4n(-c4cccc(-c5nc(-c6ccccc6)nc6sc7ccccc7c56)c4)c3cc21.c1ccc(-c2nc(-c3cccc(-n4c5ccccc5c5cc6c7ccccc7n(-c7ccccc7)c6cc54)c3)c3c(n2)sc2ccccc23)cc1.c1ccc(-c2nc(-c3ccccc3-n3c4ccccc4c4cc5c(cc43)oc3ccccc35)c3c(n2)sc2ccccc23)cc1. The number of thiophene rings is 3. The van der Waals surface area contributed by atoms with Gasteiger partial charge in [-0.2, -0.15) is 0 Å². The maximum absolute atomic E-state index is 6.39. The molecule has 670 valence electrons. The van der Waals surface area contributed by atoms with Gasteiger partial charge in [-0.3, -0.25) is 0 Å². The number of para-hydroxylation sites is 7. The summed E-state index contributed by atoms with van der Waals surface area (Å²) in [6.07, 6.45) is 0. The molecule has 0 N–H and O–H groups in total. The second kappa shape index (κ2) is 32.6. The predicted molar refractivity (Wildman–Crippen MR) is 600 cm³/mol. The lowest BCUT2D eigenvalue weighted by molar-refractivity contribution is 0.661. The number of benzene rings is 19. The van der Waals surface area contributed by atoms with Crippen molar-refractivity contribution in [2.24, 2.45) is 0 Å². The van der Waals surface area contributed by atoms with Crippen molar-refractivity contribution in [3.05, 3.63) is 460 Å². The largest absolute Gasteiger partial charge is 0.456 e. The Hall–Kier alpha value is -17.9. The molecule has 0 bridgehead atoms. The monoisotopic (exact) mass is 1880 g/mol. The van der Waals surface area contributed by atoms with Crippen molar-refractivity contribution in [3.8, 4) is 102 Å². The molecule has 11 nitrogen and oxygen atoms in total. The van der Waals surface area contributed by atoms with Crippen molar-refractivity contribution in [3.63, 3.8) is 0 Å². The quantitative estimate of drug-likeness (QED) is 0.134. The van der Waals surface area contributed by atoms with Crippen LogP contribution in [0.2, 0.25) is 0 Å². The molecule has 31 rings (SSSR count). The van der Waals surface area contributed by atoms with Crippen molar-refractivity contribution < 1.29 is 4.42 Å². The third-order valence-corrected chi connectivity index (χ3v) is 32.2. The molecule has 0 saturated carbocycles. The summed E-state index contributed by atoms with van der Waals surface area (Å²) in [6.45, 7) is 4.71. The smallest absolute Gasteiger partial charge is 0.161 e. The van der Waals surface area contributed by atoms with Crippen LogP contribution in [0, 0.1) is 0 Å². The maximum atomic E-state index is 6.39. The van der Waals surface area contributed by atoms with Crippen LogP contribution in [-0.2, 0) is 5.41 Å². The average Bonchev–Trinajstić information content (AvgIpc) is 1.55. The first-order chi connectivity index (χ1) is 70.7. The number of hydrogen-bond donors (Lipinski definition) is 0. The van der Waals surface area contributed by atoms with E-state index in [1.54, 1.807) is 34.0 Å². The summed E-state index contributed by atoms with van der Waals surface area (Å²) in [5, 5.41) is 19.0. The van der Waals surface area contributed by atoms with Gasteiger partial charge in [0.15, 0.2) is 17.5 Å². The molecule has 0 amide bonds. The highest BCUT2D eigenvalue weighted by atomic mass is 32.1. The van der Waals surface area contributed by atoms with Crippen LogP contribution in [0.3, 0.4) is 0 Å². The Bertz CT molecular complexity index is 10500. The van der Waals surface area contributed by atoms with Gasteiger partial charge >= 0.3 is 0 Å². The normalized spacial score (nSPS) is 12.5. The first-order valence-corrected chi connectivity index (χ1v) is 50.7. The second-order valence-electron chi connectivity index (χ2n) is 37.4. The molecule has 0 spiro atoms. The Labute approximate surface area is 831 Å². The van der Waals surface area contributed by atoms with E-state index in [4.69, 9.17) is 34.3 Å². The molecule has 11 heterocycles. The van der Waals surface area contributed by atoms with Crippen LogP contribution in [0.25, 0.3) is 272 Å². The van der Waals surface area contributed by atoms with Gasteiger partial charge in [0, 0.05) is 162 Å². The van der Waals surface area contributed by atoms with Crippen LogP contribution in [0.1, 0.15) is 25.0 Å². The minimum absolute atomic E-state index is 0.0797. The molecule has 1 aliphatic rings. The Balaban J connectivity index is 0.000000102. The first-order valence-electron chi connectivity index (χ1n) is 48.3. The van der Waals surface area contributed by atoms with E-state index in [1.165, 1.54) is 129 Å². The van der Waals surface area contributed by atoms with Gasteiger partial charge in [0.2, 0.25) is 0 Å². The lowest BCUT2D eigenvalue weighted by atomic mass is 9.82. The van der Waals surface area contributed by atoms with Crippen LogP contribution in [0.4, 0.5) is 0 Å². The van der Waals surface area contributed by atoms with E-state index >= 15 is 0 Å². The van der Waals surface area contributed by atoms with Gasteiger partial charge in [-0.15, -0.1) is 34.0 Å². The standard InChI is InChI=1S/C46H28N4S.C43H29N3S.C40H23N3OS/c1-3-14-29(15-4-1)45-47-44(43-35-22-9-12-25-42(35)51-46(43)48-45)30-16-13-19-32(26-30)50-39-24-11-8-21-34(39)37-27-36-33-20-7-10-23-38(33)49(40(36)28-41(37)50)31-17-5-2-6-18-31;1-43(2)34-20-9-6-17-29(34)32-24-33-30-18-7-10-21-36(30)46(37(33)25-35(32)43)28-16-12-15-27(23-28)40-39-31-19-8-11-22-38(31)47-42(39)45-41(44-40)26-13-4-3-5-14-26;1-2-12-24(13-3-1)39-41-38(37-28-17-7-11-21-36(28)45-40(37)42-39)27-16-5-9-19-32(27)43-31-18-8-4-14-25(31)29-22-30-26-15-6-10-20-34(26)44-35(30)23-33(29)43/h1-28H;3-25H,1-2H3;1-23H. The highest BCUT2D eigenvalue weighted by Crippen LogP contribution is 2.54. The average molecular weight is 1880 g/mol. The van der Waals surface area contributed by atoms with Gasteiger partial charge in [0.05, 0.1) is 66.9 Å². The lowest BCUT2D eigenvalue weighted by Crippen LogP contribution is -2.14. The Morgan fingerprint density at radius 3 is 1.06 bits per heavy atom. The molecule has 0 unspecified atom stereocenters. The first kappa shape index (κ1) is 82.2. The zero-order valence-corrected chi connectivity index (χ0v) is 79.8. The molecular formula is C129H80N10OS3. The van der Waals surface area contributed by atoms with E-state index in [-0.39, 0.29) is 5.41 Å². The van der Waals surface area contributed by atoms with Crippen LogP contribution >= 0.6 is 34.0 Å². The van der Waals surface area contributed by atoms with E-state index in [0.29, 0.717) is 0 Å². The fourth-order valence-corrected chi connectivity index (χ4v) is 25.8. The van der Waals surface area contributed by atoms with Gasteiger partial charge in [-0.25, -0.2) is 29.9 Å². The Kier molecular flexibility index (Phi) is 18.7. The summed E-state index contributed by atoms with van der Waals surface area (Å²) in [5.74, 6) is 2.22. The Morgan fingerprint density at radius 1 is 0.210 bits per heavy atom. The number of rotatable bonds is 10. The summed E-state index contributed by atoms with van der Waals surface area (Å²) < 4.78 is 19.7. The van der Waals surface area contributed by atoms with E-state index in [2.05, 4.69) is 414 Å². The van der Waals surface area contributed by atoms with Crippen molar-refractivity contribution in [2.45, 2.75) is 19.3 Å². The molecule has 143 heavy (non-hydrogen) atoms. The number of nitrogens with zero attached hydrogens (tertiary/aromatic N) is 10. The molecule has 0 fully saturated rings. The molecule has 30 aromatic rings. The van der Waals surface area contributed by atoms with E-state index < -0.39 is 0 Å². The molecule has 14 heteroatoms. The highest BCUT2D eigenvalue weighted by molar-refractivity contribution is 7.26. The molecule has 0 aliphatic heterocycles. The van der Waals surface area contributed by atoms with Crippen LogP contribution in [-0.4, -0.2) is 48.2 Å². The molecule has 0 atom stereocenters. The van der Waals surface area contributed by atoms with Crippen molar-refractivity contribution in [2.75, 3.05) is 0 Å². The zero-order valence-electron chi connectivity index (χ0n) is 77.3. The zero-order chi connectivity index (χ0) is 94.2. The number of aromatic nitrogens is 10. The van der Waals surface area contributed by atoms with E-state index in [1.807, 2.05) is 66.7 Å². The van der Waals surface area contributed by atoms with Gasteiger partial charge in [0.25, 0.3) is 0 Å². The lowest BCUT2D eigenvalue weighted by Gasteiger charge is -2.21. The minimum atomic E-state index is -0.0797. The van der Waals surface area contributed by atoms with E-state index in [0.717, 1.165) is 154 Å². The van der Waals surface area contributed by atoms with E-state index in [9.17, 15) is 0 Å². The fourth-order valence-electron chi connectivity index (χ4n) is 22.5. The maximum Gasteiger partial charge on any atom is 0.161 e. The number of furan rings is 1. The molecule has 19 aromatic carbocycles. The van der Waals surface area contributed by atoms with Crippen molar-refractivity contribution in [1.82, 2.24) is 48.2 Å². The fraction of sp³-hybridized carbons (Fsp3) is 0.0233. The van der Waals surface area contributed by atoms with Crippen molar-refractivity contribution >= 4 is 204 Å². The molecular weight excluding hydrogens is 1800 g/mol.